The van der Waals surface area contributed by atoms with Gasteiger partial charge in [0.25, 0.3) is 11.8 Å². The SMILES string of the molecule is CCOC(=O)Oc1ccc(C(=O)N2CCN(C(=O)c3ccc(OC)c(OC)c3)CC2)cc1. The predicted molar refractivity (Wildman–Crippen MR) is 115 cm³/mol. The van der Waals surface area contributed by atoms with E-state index >= 15 is 0 Å². The number of hydrogen-bond acceptors (Lipinski definition) is 7. The van der Waals surface area contributed by atoms with Gasteiger partial charge in [-0.1, -0.05) is 0 Å². The van der Waals surface area contributed by atoms with Crippen molar-refractivity contribution in [2.45, 2.75) is 6.92 Å². The van der Waals surface area contributed by atoms with Gasteiger partial charge in [0, 0.05) is 37.3 Å². The quantitative estimate of drug-likeness (QED) is 0.502. The highest BCUT2D eigenvalue weighted by molar-refractivity contribution is 5.96. The molecular formula is C23H26N2O7. The smallest absolute Gasteiger partial charge is 0.493 e. The molecule has 0 N–H and O–H groups in total. The molecule has 0 aliphatic carbocycles. The summed E-state index contributed by atoms with van der Waals surface area (Å²) in [5.74, 6) is 1.07. The van der Waals surface area contributed by atoms with Crippen LogP contribution >= 0.6 is 0 Å². The van der Waals surface area contributed by atoms with Gasteiger partial charge in [-0.25, -0.2) is 4.79 Å². The van der Waals surface area contributed by atoms with Crippen LogP contribution in [-0.4, -0.2) is 74.8 Å². The maximum atomic E-state index is 12.9. The average molecular weight is 442 g/mol. The minimum Gasteiger partial charge on any atom is -0.493 e. The number of hydrogen-bond donors (Lipinski definition) is 0. The van der Waals surface area contributed by atoms with Gasteiger partial charge in [0.1, 0.15) is 5.75 Å². The third kappa shape index (κ3) is 5.29. The Morgan fingerprint density at radius 1 is 0.781 bits per heavy atom. The van der Waals surface area contributed by atoms with Gasteiger partial charge in [0.2, 0.25) is 0 Å². The summed E-state index contributed by atoms with van der Waals surface area (Å²) < 4.78 is 20.2. The highest BCUT2D eigenvalue weighted by Gasteiger charge is 2.26. The molecule has 1 aliphatic rings. The molecular weight excluding hydrogens is 416 g/mol. The molecule has 0 radical (unpaired) electrons. The molecule has 0 aromatic heterocycles. The highest BCUT2D eigenvalue weighted by Crippen LogP contribution is 2.28. The molecule has 3 rings (SSSR count). The Bertz CT molecular complexity index is 967. The molecule has 0 bridgehead atoms. The largest absolute Gasteiger partial charge is 0.513 e. The number of methoxy groups -OCH3 is 2. The third-order valence-electron chi connectivity index (χ3n) is 5.05. The fraction of sp³-hybridized carbons (Fsp3) is 0.348. The zero-order valence-corrected chi connectivity index (χ0v) is 18.3. The second-order valence-corrected chi connectivity index (χ2v) is 6.96. The summed E-state index contributed by atoms with van der Waals surface area (Å²) in [6, 6.07) is 11.3. The number of rotatable bonds is 6. The Morgan fingerprint density at radius 3 is 1.84 bits per heavy atom. The first-order chi connectivity index (χ1) is 15.5. The van der Waals surface area contributed by atoms with Crippen molar-refractivity contribution in [3.63, 3.8) is 0 Å². The molecule has 170 valence electrons. The number of ether oxygens (including phenoxy) is 4. The van der Waals surface area contributed by atoms with Crippen LogP contribution in [0, 0.1) is 0 Å². The third-order valence-corrected chi connectivity index (χ3v) is 5.05. The van der Waals surface area contributed by atoms with Gasteiger partial charge in [-0.3, -0.25) is 9.59 Å². The van der Waals surface area contributed by atoms with Crippen LogP contribution in [0.3, 0.4) is 0 Å². The van der Waals surface area contributed by atoms with Crippen molar-refractivity contribution < 1.29 is 33.3 Å². The van der Waals surface area contributed by atoms with E-state index < -0.39 is 6.16 Å². The van der Waals surface area contributed by atoms with Crippen LogP contribution in [0.15, 0.2) is 42.5 Å². The summed E-state index contributed by atoms with van der Waals surface area (Å²) in [5.41, 5.74) is 0.973. The van der Waals surface area contributed by atoms with Crippen LogP contribution in [0.1, 0.15) is 27.6 Å². The lowest BCUT2D eigenvalue weighted by Crippen LogP contribution is -2.50. The predicted octanol–water partition coefficient (Wildman–Crippen LogP) is 2.84. The summed E-state index contributed by atoms with van der Waals surface area (Å²) in [4.78, 5) is 40.4. The van der Waals surface area contributed by atoms with E-state index in [1.54, 1.807) is 59.2 Å². The number of benzene rings is 2. The number of amides is 2. The molecule has 0 unspecified atom stereocenters. The monoisotopic (exact) mass is 442 g/mol. The summed E-state index contributed by atoms with van der Waals surface area (Å²) in [7, 11) is 3.06. The number of piperazine rings is 1. The Kier molecular flexibility index (Phi) is 7.54. The molecule has 32 heavy (non-hydrogen) atoms. The van der Waals surface area contributed by atoms with Crippen LogP contribution in [0.4, 0.5) is 4.79 Å². The van der Waals surface area contributed by atoms with E-state index in [0.717, 1.165) is 0 Å². The number of carbonyl (C=O) groups is 3. The molecule has 2 amide bonds. The van der Waals surface area contributed by atoms with E-state index in [2.05, 4.69) is 0 Å². The zero-order chi connectivity index (χ0) is 23.1. The van der Waals surface area contributed by atoms with Crippen LogP contribution in [0.2, 0.25) is 0 Å². The lowest BCUT2D eigenvalue weighted by Gasteiger charge is -2.35. The Hall–Kier alpha value is -3.75. The average Bonchev–Trinajstić information content (AvgIpc) is 2.83. The van der Waals surface area contributed by atoms with E-state index in [1.807, 2.05) is 0 Å². The minimum atomic E-state index is -0.790. The fourth-order valence-corrected chi connectivity index (χ4v) is 3.36. The molecule has 1 aliphatic heterocycles. The van der Waals surface area contributed by atoms with E-state index in [4.69, 9.17) is 18.9 Å². The standard InChI is InChI=1S/C23H26N2O7/c1-4-31-23(28)32-18-8-5-16(6-9-18)21(26)24-11-13-25(14-12-24)22(27)17-7-10-19(29-2)20(15-17)30-3/h5-10,15H,4,11-14H2,1-3H3. The van der Waals surface area contributed by atoms with Crippen LogP contribution in [0.25, 0.3) is 0 Å². The molecule has 9 nitrogen and oxygen atoms in total. The van der Waals surface area contributed by atoms with Gasteiger partial charge in [-0.05, 0) is 49.4 Å². The van der Waals surface area contributed by atoms with Gasteiger partial charge in [-0.2, -0.15) is 0 Å². The molecule has 9 heteroatoms. The highest BCUT2D eigenvalue weighted by atomic mass is 16.7. The van der Waals surface area contributed by atoms with E-state index in [0.29, 0.717) is 54.6 Å². The van der Waals surface area contributed by atoms with Gasteiger partial charge in [0.05, 0.1) is 20.8 Å². The van der Waals surface area contributed by atoms with Crippen molar-refractivity contribution in [3.05, 3.63) is 53.6 Å². The Balaban J connectivity index is 1.57. The molecule has 1 fully saturated rings. The lowest BCUT2D eigenvalue weighted by atomic mass is 10.1. The molecule has 2 aromatic rings. The maximum absolute atomic E-state index is 12.9. The lowest BCUT2D eigenvalue weighted by molar-refractivity contribution is 0.0535. The number of carbonyl (C=O) groups excluding carboxylic acids is 3. The van der Waals surface area contributed by atoms with E-state index in [9.17, 15) is 14.4 Å². The topological polar surface area (TPSA) is 94.6 Å². The van der Waals surface area contributed by atoms with Gasteiger partial charge < -0.3 is 28.7 Å². The minimum absolute atomic E-state index is 0.126. The van der Waals surface area contributed by atoms with E-state index in [-0.39, 0.29) is 18.4 Å². The first-order valence-electron chi connectivity index (χ1n) is 10.2. The van der Waals surface area contributed by atoms with Crippen molar-refractivity contribution in [2.75, 3.05) is 47.0 Å². The zero-order valence-electron chi connectivity index (χ0n) is 18.3. The Labute approximate surface area is 186 Å². The Morgan fingerprint density at radius 2 is 1.31 bits per heavy atom. The molecule has 2 aromatic carbocycles. The van der Waals surface area contributed by atoms with Crippen LogP contribution in [-0.2, 0) is 4.74 Å². The summed E-state index contributed by atoms with van der Waals surface area (Å²) in [6.45, 7) is 3.57. The van der Waals surface area contributed by atoms with Gasteiger partial charge >= 0.3 is 6.16 Å². The first-order valence-corrected chi connectivity index (χ1v) is 10.2. The maximum Gasteiger partial charge on any atom is 0.513 e. The van der Waals surface area contributed by atoms with Gasteiger partial charge in [0.15, 0.2) is 11.5 Å². The van der Waals surface area contributed by atoms with Crippen molar-refractivity contribution in [2.24, 2.45) is 0 Å². The number of nitrogens with zero attached hydrogens (tertiary/aromatic N) is 2. The second-order valence-electron chi connectivity index (χ2n) is 6.96. The second kappa shape index (κ2) is 10.5. The van der Waals surface area contributed by atoms with Crippen molar-refractivity contribution in [3.8, 4) is 17.2 Å². The molecule has 1 saturated heterocycles. The summed E-state index contributed by atoms with van der Waals surface area (Å²) >= 11 is 0. The molecule has 0 saturated carbocycles. The van der Waals surface area contributed by atoms with Crippen molar-refractivity contribution in [1.82, 2.24) is 9.80 Å². The van der Waals surface area contributed by atoms with Crippen molar-refractivity contribution >= 4 is 18.0 Å². The van der Waals surface area contributed by atoms with Gasteiger partial charge in [-0.15, -0.1) is 0 Å². The normalized spacial score (nSPS) is 13.3. The molecule has 0 spiro atoms. The molecule has 0 atom stereocenters. The summed E-state index contributed by atoms with van der Waals surface area (Å²) in [6.07, 6.45) is -0.790. The van der Waals surface area contributed by atoms with Crippen LogP contribution in [0.5, 0.6) is 17.2 Å². The van der Waals surface area contributed by atoms with E-state index in [1.165, 1.54) is 14.2 Å². The van der Waals surface area contributed by atoms with Crippen molar-refractivity contribution in [1.29, 1.82) is 0 Å². The van der Waals surface area contributed by atoms with Crippen LogP contribution < -0.4 is 14.2 Å². The molecule has 1 heterocycles. The first kappa shape index (κ1) is 22.9. The summed E-state index contributed by atoms with van der Waals surface area (Å²) in [5, 5.41) is 0. The fourth-order valence-electron chi connectivity index (χ4n) is 3.36.